The predicted molar refractivity (Wildman–Crippen MR) is 57.6 cm³/mol. The van der Waals surface area contributed by atoms with Crippen LogP contribution in [0.3, 0.4) is 0 Å². The van der Waals surface area contributed by atoms with Crippen LogP contribution in [0.15, 0.2) is 24.3 Å². The third-order valence-electron chi connectivity index (χ3n) is 2.34. The topological polar surface area (TPSA) is 26.0 Å². The van der Waals surface area contributed by atoms with Crippen LogP contribution in [0.1, 0.15) is 43.4 Å². The van der Waals surface area contributed by atoms with Crippen molar-refractivity contribution in [2.45, 2.75) is 39.2 Å². The Morgan fingerprint density at radius 2 is 2.15 bits per heavy atom. The van der Waals surface area contributed by atoms with Crippen molar-refractivity contribution in [3.05, 3.63) is 35.4 Å². The average molecular weight is 177 g/mol. The van der Waals surface area contributed by atoms with Crippen LogP contribution in [0.5, 0.6) is 0 Å². The van der Waals surface area contributed by atoms with Crippen LogP contribution in [0, 0.1) is 6.92 Å². The van der Waals surface area contributed by atoms with Gasteiger partial charge < -0.3 is 5.73 Å². The van der Waals surface area contributed by atoms with Gasteiger partial charge in [-0.05, 0) is 18.9 Å². The Bertz CT molecular complexity index is 255. The highest BCUT2D eigenvalue weighted by Gasteiger charge is 2.04. The summed E-state index contributed by atoms with van der Waals surface area (Å²) in [5.41, 5.74) is 8.62. The highest BCUT2D eigenvalue weighted by molar-refractivity contribution is 5.24. The normalized spacial score (nSPS) is 12.8. The Hall–Kier alpha value is -0.820. The van der Waals surface area contributed by atoms with Crippen molar-refractivity contribution in [1.29, 1.82) is 0 Å². The summed E-state index contributed by atoms with van der Waals surface area (Å²) in [6.45, 7) is 4.30. The van der Waals surface area contributed by atoms with E-state index in [0.717, 1.165) is 6.42 Å². The van der Waals surface area contributed by atoms with Gasteiger partial charge in [0.05, 0.1) is 0 Å². The third-order valence-corrected chi connectivity index (χ3v) is 2.34. The predicted octanol–water partition coefficient (Wildman–Crippen LogP) is 3.19. The lowest BCUT2D eigenvalue weighted by Crippen LogP contribution is -2.09. The maximum Gasteiger partial charge on any atom is 0.0294 e. The van der Waals surface area contributed by atoms with Gasteiger partial charge in [-0.3, -0.25) is 0 Å². The molecule has 0 fully saturated rings. The highest BCUT2D eigenvalue weighted by Crippen LogP contribution is 2.17. The fourth-order valence-corrected chi connectivity index (χ4v) is 1.49. The molecular formula is C12H19N. The molecule has 0 saturated carbocycles. The SMILES string of the molecule is CCCC[C@@H](N)c1cccc(C)c1. The minimum absolute atomic E-state index is 0.222. The van der Waals surface area contributed by atoms with E-state index in [0.29, 0.717) is 0 Å². The molecule has 72 valence electrons. The van der Waals surface area contributed by atoms with Crippen LogP contribution < -0.4 is 5.73 Å². The monoisotopic (exact) mass is 177 g/mol. The van der Waals surface area contributed by atoms with Crippen LogP contribution in [-0.4, -0.2) is 0 Å². The van der Waals surface area contributed by atoms with Gasteiger partial charge in [-0.15, -0.1) is 0 Å². The molecule has 1 heteroatoms. The van der Waals surface area contributed by atoms with Crippen LogP contribution >= 0.6 is 0 Å². The first-order chi connectivity index (χ1) is 6.24. The quantitative estimate of drug-likeness (QED) is 0.751. The molecule has 1 nitrogen and oxygen atoms in total. The van der Waals surface area contributed by atoms with Gasteiger partial charge in [-0.1, -0.05) is 49.6 Å². The molecule has 0 unspecified atom stereocenters. The Balaban J connectivity index is 2.60. The molecule has 0 aliphatic rings. The van der Waals surface area contributed by atoms with Gasteiger partial charge in [0.25, 0.3) is 0 Å². The van der Waals surface area contributed by atoms with Crippen molar-refractivity contribution in [3.63, 3.8) is 0 Å². The van der Waals surface area contributed by atoms with Crippen molar-refractivity contribution < 1.29 is 0 Å². The molecule has 1 aromatic rings. The Morgan fingerprint density at radius 3 is 2.77 bits per heavy atom. The minimum atomic E-state index is 0.222. The van der Waals surface area contributed by atoms with E-state index in [1.807, 2.05) is 0 Å². The van der Waals surface area contributed by atoms with Gasteiger partial charge in [-0.25, -0.2) is 0 Å². The van der Waals surface area contributed by atoms with Gasteiger partial charge in [0.2, 0.25) is 0 Å². The molecule has 0 aromatic heterocycles. The fraction of sp³-hybridized carbons (Fsp3) is 0.500. The summed E-state index contributed by atoms with van der Waals surface area (Å²) in [6.07, 6.45) is 3.54. The first kappa shape index (κ1) is 10.3. The van der Waals surface area contributed by atoms with E-state index < -0.39 is 0 Å². The fourth-order valence-electron chi connectivity index (χ4n) is 1.49. The molecule has 0 bridgehead atoms. The molecule has 2 N–H and O–H groups in total. The summed E-state index contributed by atoms with van der Waals surface area (Å²) < 4.78 is 0. The Kier molecular flexibility index (Phi) is 3.97. The summed E-state index contributed by atoms with van der Waals surface area (Å²) in [5, 5.41) is 0. The summed E-state index contributed by atoms with van der Waals surface area (Å²) in [6, 6.07) is 8.71. The smallest absolute Gasteiger partial charge is 0.0294 e. The lowest BCUT2D eigenvalue weighted by atomic mass is 10.0. The zero-order valence-corrected chi connectivity index (χ0v) is 8.59. The maximum atomic E-state index is 6.05. The molecular weight excluding hydrogens is 158 g/mol. The number of nitrogens with two attached hydrogens (primary N) is 1. The minimum Gasteiger partial charge on any atom is -0.324 e. The van der Waals surface area contributed by atoms with Crippen LogP contribution in [0.2, 0.25) is 0 Å². The number of hydrogen-bond donors (Lipinski definition) is 1. The average Bonchev–Trinajstić information content (AvgIpc) is 2.14. The summed E-state index contributed by atoms with van der Waals surface area (Å²) in [4.78, 5) is 0. The number of rotatable bonds is 4. The van der Waals surface area contributed by atoms with Gasteiger partial charge in [0.1, 0.15) is 0 Å². The van der Waals surface area contributed by atoms with Crippen molar-refractivity contribution in [1.82, 2.24) is 0 Å². The summed E-state index contributed by atoms with van der Waals surface area (Å²) in [7, 11) is 0. The van der Waals surface area contributed by atoms with Gasteiger partial charge >= 0.3 is 0 Å². The van der Waals surface area contributed by atoms with E-state index in [-0.39, 0.29) is 6.04 Å². The molecule has 0 radical (unpaired) electrons. The van der Waals surface area contributed by atoms with E-state index in [2.05, 4.69) is 38.1 Å². The molecule has 1 atom stereocenters. The molecule has 1 aromatic carbocycles. The zero-order valence-electron chi connectivity index (χ0n) is 8.59. The number of benzene rings is 1. The second-order valence-electron chi connectivity index (χ2n) is 3.66. The molecule has 0 aliphatic heterocycles. The van der Waals surface area contributed by atoms with Crippen molar-refractivity contribution in [3.8, 4) is 0 Å². The van der Waals surface area contributed by atoms with E-state index in [1.165, 1.54) is 24.0 Å². The van der Waals surface area contributed by atoms with Crippen molar-refractivity contribution in [2.75, 3.05) is 0 Å². The molecule has 0 amide bonds. The maximum absolute atomic E-state index is 6.05. The zero-order chi connectivity index (χ0) is 9.68. The number of aryl methyl sites for hydroxylation is 1. The van der Waals surface area contributed by atoms with Crippen LogP contribution in [0.25, 0.3) is 0 Å². The third kappa shape index (κ3) is 3.19. The van der Waals surface area contributed by atoms with Crippen molar-refractivity contribution >= 4 is 0 Å². The van der Waals surface area contributed by atoms with Gasteiger partial charge in [0.15, 0.2) is 0 Å². The Labute approximate surface area is 81.0 Å². The summed E-state index contributed by atoms with van der Waals surface area (Å²) in [5.74, 6) is 0. The second kappa shape index (κ2) is 5.03. The Morgan fingerprint density at radius 1 is 1.38 bits per heavy atom. The summed E-state index contributed by atoms with van der Waals surface area (Å²) >= 11 is 0. The molecule has 0 saturated heterocycles. The molecule has 0 spiro atoms. The van der Waals surface area contributed by atoms with Crippen LogP contribution in [0.4, 0.5) is 0 Å². The van der Waals surface area contributed by atoms with E-state index in [4.69, 9.17) is 5.73 Å². The van der Waals surface area contributed by atoms with Gasteiger partial charge in [0, 0.05) is 6.04 Å². The van der Waals surface area contributed by atoms with E-state index in [9.17, 15) is 0 Å². The van der Waals surface area contributed by atoms with Gasteiger partial charge in [-0.2, -0.15) is 0 Å². The first-order valence-corrected chi connectivity index (χ1v) is 5.06. The van der Waals surface area contributed by atoms with Crippen LogP contribution in [-0.2, 0) is 0 Å². The lowest BCUT2D eigenvalue weighted by molar-refractivity contribution is 0.603. The standard InChI is InChI=1S/C12H19N/c1-3-4-8-12(13)11-7-5-6-10(2)9-11/h5-7,9,12H,3-4,8,13H2,1-2H3/t12-/m1/s1. The molecule has 13 heavy (non-hydrogen) atoms. The highest BCUT2D eigenvalue weighted by atomic mass is 14.6. The number of unbranched alkanes of at least 4 members (excludes halogenated alkanes) is 1. The molecule has 0 aliphatic carbocycles. The second-order valence-corrected chi connectivity index (χ2v) is 3.66. The lowest BCUT2D eigenvalue weighted by Gasteiger charge is -2.11. The van der Waals surface area contributed by atoms with E-state index in [1.54, 1.807) is 0 Å². The molecule has 1 rings (SSSR count). The van der Waals surface area contributed by atoms with Crippen molar-refractivity contribution in [2.24, 2.45) is 5.73 Å². The largest absolute Gasteiger partial charge is 0.324 e. The number of hydrogen-bond acceptors (Lipinski definition) is 1. The molecule has 0 heterocycles. The first-order valence-electron chi connectivity index (χ1n) is 5.06. The van der Waals surface area contributed by atoms with E-state index >= 15 is 0 Å².